The summed E-state index contributed by atoms with van der Waals surface area (Å²) in [6.45, 7) is 0. The molecule has 0 radical (unpaired) electrons. The Morgan fingerprint density at radius 2 is 1.60 bits per heavy atom. The highest BCUT2D eigenvalue weighted by molar-refractivity contribution is 5.77. The van der Waals surface area contributed by atoms with Crippen LogP contribution in [0.25, 0.3) is 11.1 Å². The molecule has 0 fully saturated rings. The van der Waals surface area contributed by atoms with Gasteiger partial charge in [-0.05, 0) is 23.8 Å². The van der Waals surface area contributed by atoms with Crippen molar-refractivity contribution in [1.82, 2.24) is 0 Å². The fourth-order valence-corrected chi connectivity index (χ4v) is 1.67. The summed E-state index contributed by atoms with van der Waals surface area (Å²) in [6.07, 6.45) is -4.84. The third-order valence-corrected chi connectivity index (χ3v) is 2.47. The van der Waals surface area contributed by atoms with Gasteiger partial charge in [0.2, 0.25) is 0 Å². The van der Waals surface area contributed by atoms with Gasteiger partial charge in [-0.15, -0.1) is 13.2 Å². The van der Waals surface area contributed by atoms with Gasteiger partial charge in [-0.2, -0.15) is 0 Å². The van der Waals surface area contributed by atoms with Gasteiger partial charge in [0.1, 0.15) is 5.75 Å². The van der Waals surface area contributed by atoms with Gasteiger partial charge in [0.25, 0.3) is 0 Å². The molecule has 0 saturated carbocycles. The zero-order chi connectivity index (χ0) is 14.9. The number of rotatable bonds is 2. The molecule has 2 N–H and O–H groups in total. The second kappa shape index (κ2) is 4.99. The minimum absolute atomic E-state index is 0.0801. The van der Waals surface area contributed by atoms with Gasteiger partial charge in [-0.1, -0.05) is 12.1 Å². The largest absolute Gasteiger partial charge is 0.573 e. The molecule has 0 bridgehead atoms. The number of hydrogen-bond donors (Lipinski definition) is 1. The predicted octanol–water partition coefficient (Wildman–Crippen LogP) is 4.11. The van der Waals surface area contributed by atoms with Crippen molar-refractivity contribution < 1.29 is 26.7 Å². The number of anilines is 1. The van der Waals surface area contributed by atoms with Gasteiger partial charge in [0, 0.05) is 17.3 Å². The van der Waals surface area contributed by atoms with Crippen LogP contribution in [0.15, 0.2) is 36.4 Å². The first-order valence-electron chi connectivity index (χ1n) is 5.37. The summed E-state index contributed by atoms with van der Waals surface area (Å²) >= 11 is 0. The maximum atomic E-state index is 13.2. The van der Waals surface area contributed by atoms with Crippen LogP contribution in [-0.2, 0) is 0 Å². The topological polar surface area (TPSA) is 35.2 Å². The van der Waals surface area contributed by atoms with Crippen LogP contribution in [0.1, 0.15) is 0 Å². The monoisotopic (exact) mass is 289 g/mol. The zero-order valence-electron chi connectivity index (χ0n) is 9.84. The lowest BCUT2D eigenvalue weighted by Gasteiger charge is -2.11. The molecular weight excluding hydrogens is 281 g/mol. The SMILES string of the molecule is Nc1cc(F)c(F)cc1-c1cccc(OC(F)(F)F)c1. The van der Waals surface area contributed by atoms with Crippen LogP contribution in [0.4, 0.5) is 27.6 Å². The number of nitrogen functional groups attached to an aromatic ring is 1. The number of alkyl halides is 3. The molecule has 0 aliphatic rings. The molecule has 0 unspecified atom stereocenters. The quantitative estimate of drug-likeness (QED) is 0.667. The summed E-state index contributed by atoms with van der Waals surface area (Å²) in [5.41, 5.74) is 5.70. The van der Waals surface area contributed by atoms with Crippen molar-refractivity contribution in [2.45, 2.75) is 6.36 Å². The lowest BCUT2D eigenvalue weighted by atomic mass is 10.0. The number of halogens is 5. The van der Waals surface area contributed by atoms with Gasteiger partial charge >= 0.3 is 6.36 Å². The second-order valence-corrected chi connectivity index (χ2v) is 3.93. The van der Waals surface area contributed by atoms with Gasteiger partial charge in [0.15, 0.2) is 11.6 Å². The Bertz CT molecular complexity index is 639. The summed E-state index contributed by atoms with van der Waals surface area (Å²) in [7, 11) is 0. The van der Waals surface area contributed by atoms with E-state index in [0.717, 1.165) is 24.3 Å². The Kier molecular flexibility index (Phi) is 3.52. The normalized spacial score (nSPS) is 11.4. The highest BCUT2D eigenvalue weighted by Crippen LogP contribution is 2.32. The number of benzene rings is 2. The van der Waals surface area contributed by atoms with Crippen LogP contribution in [-0.4, -0.2) is 6.36 Å². The van der Waals surface area contributed by atoms with Crippen LogP contribution >= 0.6 is 0 Å². The first kappa shape index (κ1) is 14.1. The Hall–Kier alpha value is -2.31. The Morgan fingerprint density at radius 3 is 2.25 bits per heavy atom. The van der Waals surface area contributed by atoms with Crippen molar-refractivity contribution in [3.8, 4) is 16.9 Å². The average molecular weight is 289 g/mol. The van der Waals surface area contributed by atoms with Gasteiger partial charge < -0.3 is 10.5 Å². The summed E-state index contributed by atoms with van der Waals surface area (Å²) < 4.78 is 66.2. The van der Waals surface area contributed by atoms with E-state index in [1.54, 1.807) is 0 Å². The Labute approximate surface area is 110 Å². The van der Waals surface area contributed by atoms with Crippen molar-refractivity contribution in [2.24, 2.45) is 0 Å². The lowest BCUT2D eigenvalue weighted by molar-refractivity contribution is -0.274. The molecule has 2 aromatic rings. The van der Waals surface area contributed by atoms with Crippen molar-refractivity contribution in [3.63, 3.8) is 0 Å². The zero-order valence-corrected chi connectivity index (χ0v) is 9.84. The van der Waals surface area contributed by atoms with Crippen LogP contribution < -0.4 is 10.5 Å². The van der Waals surface area contributed by atoms with Crippen molar-refractivity contribution in [1.29, 1.82) is 0 Å². The van der Waals surface area contributed by atoms with E-state index in [4.69, 9.17) is 5.73 Å². The van der Waals surface area contributed by atoms with Crippen molar-refractivity contribution in [3.05, 3.63) is 48.0 Å². The molecule has 0 amide bonds. The minimum Gasteiger partial charge on any atom is -0.406 e. The third-order valence-electron chi connectivity index (χ3n) is 2.47. The smallest absolute Gasteiger partial charge is 0.406 e. The van der Waals surface area contributed by atoms with Gasteiger partial charge in [-0.3, -0.25) is 0 Å². The van der Waals surface area contributed by atoms with E-state index in [-0.39, 0.29) is 16.8 Å². The fraction of sp³-hybridized carbons (Fsp3) is 0.0769. The average Bonchev–Trinajstić information content (AvgIpc) is 2.32. The van der Waals surface area contributed by atoms with Crippen molar-refractivity contribution in [2.75, 3.05) is 5.73 Å². The van der Waals surface area contributed by atoms with E-state index < -0.39 is 23.7 Å². The van der Waals surface area contributed by atoms with E-state index in [2.05, 4.69) is 4.74 Å². The number of ether oxygens (including phenoxy) is 1. The summed E-state index contributed by atoms with van der Waals surface area (Å²) in [4.78, 5) is 0. The summed E-state index contributed by atoms with van der Waals surface area (Å²) in [5.74, 6) is -2.75. The maximum Gasteiger partial charge on any atom is 0.573 e. The van der Waals surface area contributed by atoms with Crippen LogP contribution in [0.2, 0.25) is 0 Å². The highest BCUT2D eigenvalue weighted by Gasteiger charge is 2.31. The van der Waals surface area contributed by atoms with E-state index in [0.29, 0.717) is 0 Å². The summed E-state index contributed by atoms with van der Waals surface area (Å²) in [6, 6.07) is 6.41. The van der Waals surface area contributed by atoms with Gasteiger partial charge in [0.05, 0.1) is 0 Å². The molecule has 0 spiro atoms. The molecule has 2 nitrogen and oxygen atoms in total. The summed E-state index contributed by atoms with van der Waals surface area (Å²) in [5, 5.41) is 0. The number of hydrogen-bond acceptors (Lipinski definition) is 2. The van der Waals surface area contributed by atoms with E-state index in [9.17, 15) is 22.0 Å². The van der Waals surface area contributed by atoms with Crippen LogP contribution in [0, 0.1) is 11.6 Å². The molecule has 0 aliphatic carbocycles. The van der Waals surface area contributed by atoms with E-state index in [1.165, 1.54) is 12.1 Å². The third kappa shape index (κ3) is 3.17. The van der Waals surface area contributed by atoms with E-state index in [1.807, 2.05) is 0 Å². The van der Waals surface area contributed by atoms with Crippen LogP contribution in [0.5, 0.6) is 5.75 Å². The molecule has 0 atom stereocenters. The highest BCUT2D eigenvalue weighted by atomic mass is 19.4. The minimum atomic E-state index is -4.84. The standard InChI is InChI=1S/C13H8F5NO/c14-10-5-9(12(19)6-11(10)15)7-2-1-3-8(4-7)20-13(16,17)18/h1-6H,19H2. The van der Waals surface area contributed by atoms with Crippen molar-refractivity contribution >= 4 is 5.69 Å². The maximum absolute atomic E-state index is 13.2. The molecular formula is C13H8F5NO. The molecule has 20 heavy (non-hydrogen) atoms. The first-order chi connectivity index (χ1) is 9.26. The number of nitrogens with two attached hydrogens (primary N) is 1. The second-order valence-electron chi connectivity index (χ2n) is 3.93. The van der Waals surface area contributed by atoms with Crippen LogP contribution in [0.3, 0.4) is 0 Å². The molecule has 7 heteroatoms. The Morgan fingerprint density at radius 1 is 0.950 bits per heavy atom. The Balaban J connectivity index is 2.44. The lowest BCUT2D eigenvalue weighted by Crippen LogP contribution is -2.17. The fourth-order valence-electron chi connectivity index (χ4n) is 1.67. The van der Waals surface area contributed by atoms with E-state index >= 15 is 0 Å². The predicted molar refractivity (Wildman–Crippen MR) is 62.9 cm³/mol. The molecule has 2 aromatic carbocycles. The molecule has 2 rings (SSSR count). The molecule has 0 saturated heterocycles. The first-order valence-corrected chi connectivity index (χ1v) is 5.37. The molecule has 106 valence electrons. The molecule has 0 heterocycles. The molecule has 0 aliphatic heterocycles. The molecule has 0 aromatic heterocycles. The van der Waals surface area contributed by atoms with Gasteiger partial charge in [-0.25, -0.2) is 8.78 Å².